The van der Waals surface area contributed by atoms with Crippen molar-refractivity contribution in [1.29, 1.82) is 0 Å². The average Bonchev–Trinajstić information content (AvgIpc) is 2.38. The van der Waals surface area contributed by atoms with Crippen molar-refractivity contribution in [3.63, 3.8) is 0 Å². The van der Waals surface area contributed by atoms with Gasteiger partial charge in [-0.05, 0) is 31.2 Å². The average molecular weight is 266 g/mol. The maximum atomic E-state index is 11.9. The number of aliphatic hydroxyl groups is 1. The summed E-state index contributed by atoms with van der Waals surface area (Å²) in [6.07, 6.45) is 1.65. The summed E-state index contributed by atoms with van der Waals surface area (Å²) in [4.78, 5) is 4.15. The van der Waals surface area contributed by atoms with E-state index in [9.17, 15) is 8.42 Å². The lowest BCUT2D eigenvalue weighted by atomic mass is 10.2. The van der Waals surface area contributed by atoms with Gasteiger partial charge in [0.2, 0.25) is 10.0 Å². The molecule has 2 N–H and O–H groups in total. The van der Waals surface area contributed by atoms with Crippen LogP contribution in [0.5, 0.6) is 0 Å². The molecule has 1 aromatic carbocycles. The van der Waals surface area contributed by atoms with Crippen molar-refractivity contribution in [3.8, 4) is 0 Å². The van der Waals surface area contributed by atoms with Crippen LogP contribution < -0.4 is 4.72 Å². The monoisotopic (exact) mass is 266 g/mol. The molecule has 6 heteroatoms. The summed E-state index contributed by atoms with van der Waals surface area (Å²) >= 11 is 0. The molecule has 0 amide bonds. The Hall–Kier alpha value is -1.66. The van der Waals surface area contributed by atoms with Crippen LogP contribution in [0.4, 0.5) is 5.69 Å². The van der Waals surface area contributed by atoms with Crippen molar-refractivity contribution in [3.05, 3.63) is 36.5 Å². The number of fused-ring (bicyclic) bond motifs is 1. The second-order valence-electron chi connectivity index (χ2n) is 4.02. The highest BCUT2D eigenvalue weighted by molar-refractivity contribution is 7.93. The van der Waals surface area contributed by atoms with Crippen LogP contribution in [-0.2, 0) is 10.0 Å². The number of rotatable bonds is 4. The molecule has 1 heterocycles. The zero-order valence-corrected chi connectivity index (χ0v) is 10.7. The molecule has 1 aromatic heterocycles. The van der Waals surface area contributed by atoms with Gasteiger partial charge in [-0.2, -0.15) is 0 Å². The number of hydrogen-bond donors (Lipinski definition) is 2. The van der Waals surface area contributed by atoms with Crippen molar-refractivity contribution >= 4 is 26.6 Å². The molecule has 2 rings (SSSR count). The second-order valence-corrected chi connectivity index (χ2v) is 6.11. The van der Waals surface area contributed by atoms with E-state index < -0.39 is 21.9 Å². The number of anilines is 1. The van der Waals surface area contributed by atoms with Gasteiger partial charge in [0.25, 0.3) is 0 Å². The lowest BCUT2D eigenvalue weighted by Gasteiger charge is -2.13. The van der Waals surface area contributed by atoms with Gasteiger partial charge in [-0.1, -0.05) is 6.07 Å². The highest BCUT2D eigenvalue weighted by Crippen LogP contribution is 2.23. The zero-order chi connectivity index (χ0) is 13.2. The summed E-state index contributed by atoms with van der Waals surface area (Å²) in [7, 11) is -3.58. The fraction of sp³-hybridized carbons (Fsp3) is 0.250. The number of aliphatic hydroxyl groups excluding tert-OH is 1. The summed E-state index contributed by atoms with van der Waals surface area (Å²) in [5.74, 6) is 0. The van der Waals surface area contributed by atoms with E-state index in [0.29, 0.717) is 11.2 Å². The summed E-state index contributed by atoms with van der Waals surface area (Å²) in [6.45, 7) is 1.03. The van der Waals surface area contributed by atoms with Crippen LogP contribution in [-0.4, -0.2) is 30.4 Å². The molecule has 96 valence electrons. The van der Waals surface area contributed by atoms with Crippen LogP contribution in [0.1, 0.15) is 6.92 Å². The van der Waals surface area contributed by atoms with E-state index in [-0.39, 0.29) is 0 Å². The van der Waals surface area contributed by atoms with Crippen LogP contribution in [0.25, 0.3) is 10.9 Å². The Balaban J connectivity index is 2.44. The van der Waals surface area contributed by atoms with E-state index in [0.717, 1.165) is 5.39 Å². The summed E-state index contributed by atoms with van der Waals surface area (Å²) in [5, 5.41) is 8.80. The van der Waals surface area contributed by atoms with E-state index in [1.807, 2.05) is 6.07 Å². The van der Waals surface area contributed by atoms with E-state index in [1.165, 1.54) is 6.92 Å². The molecule has 0 spiro atoms. The van der Waals surface area contributed by atoms with E-state index in [4.69, 9.17) is 5.11 Å². The maximum Gasteiger partial charge on any atom is 0.237 e. The van der Waals surface area contributed by atoms with Gasteiger partial charge in [0, 0.05) is 11.6 Å². The molecular weight excluding hydrogens is 252 g/mol. The Morgan fingerprint density at radius 2 is 2.11 bits per heavy atom. The first-order chi connectivity index (χ1) is 8.54. The first-order valence-electron chi connectivity index (χ1n) is 5.51. The molecule has 2 aromatic rings. The van der Waals surface area contributed by atoms with Crippen molar-refractivity contribution in [2.24, 2.45) is 0 Å². The van der Waals surface area contributed by atoms with Crippen LogP contribution in [0.15, 0.2) is 36.5 Å². The molecule has 0 saturated carbocycles. The predicted molar refractivity (Wildman–Crippen MR) is 70.8 cm³/mol. The Morgan fingerprint density at radius 3 is 2.83 bits per heavy atom. The number of benzene rings is 1. The summed E-state index contributed by atoms with van der Waals surface area (Å²) < 4.78 is 26.3. The summed E-state index contributed by atoms with van der Waals surface area (Å²) in [5.41, 5.74) is 1.19. The molecule has 5 nitrogen and oxygen atoms in total. The highest BCUT2D eigenvalue weighted by atomic mass is 32.2. The van der Waals surface area contributed by atoms with Gasteiger partial charge in [-0.25, -0.2) is 8.42 Å². The molecular formula is C12H14N2O3S. The number of hydrogen-bond acceptors (Lipinski definition) is 4. The molecule has 0 bridgehead atoms. The first kappa shape index (κ1) is 12.8. The molecule has 0 saturated heterocycles. The number of nitrogens with one attached hydrogen (secondary N) is 1. The highest BCUT2D eigenvalue weighted by Gasteiger charge is 2.20. The van der Waals surface area contributed by atoms with Gasteiger partial charge in [0.15, 0.2) is 0 Å². The minimum Gasteiger partial charge on any atom is -0.395 e. The normalized spacial score (nSPS) is 13.4. The van der Waals surface area contributed by atoms with Crippen LogP contribution in [0, 0.1) is 0 Å². The zero-order valence-electron chi connectivity index (χ0n) is 9.87. The number of aromatic nitrogens is 1. The number of pyridine rings is 1. The minimum atomic E-state index is -3.58. The third-order valence-electron chi connectivity index (χ3n) is 2.68. The van der Waals surface area contributed by atoms with Gasteiger partial charge in [0.1, 0.15) is 5.25 Å². The Morgan fingerprint density at radius 1 is 1.33 bits per heavy atom. The molecule has 0 radical (unpaired) electrons. The summed E-state index contributed by atoms with van der Waals surface area (Å²) in [6, 6.07) is 8.75. The molecule has 0 aliphatic rings. The SMILES string of the molecule is CC(CO)S(=O)(=O)Nc1cccc2ncccc12. The topological polar surface area (TPSA) is 79.3 Å². The van der Waals surface area contributed by atoms with E-state index in [2.05, 4.69) is 9.71 Å². The second kappa shape index (κ2) is 4.91. The lowest BCUT2D eigenvalue weighted by Crippen LogP contribution is -2.28. The first-order valence-corrected chi connectivity index (χ1v) is 7.05. The van der Waals surface area contributed by atoms with Crippen LogP contribution in [0.3, 0.4) is 0 Å². The molecule has 1 unspecified atom stereocenters. The van der Waals surface area contributed by atoms with Crippen molar-refractivity contribution in [2.75, 3.05) is 11.3 Å². The molecule has 18 heavy (non-hydrogen) atoms. The predicted octanol–water partition coefficient (Wildman–Crippen LogP) is 1.36. The third-order valence-corrected chi connectivity index (χ3v) is 4.40. The minimum absolute atomic E-state index is 0.418. The Labute approximate surface area is 106 Å². The molecule has 0 fully saturated rings. The smallest absolute Gasteiger partial charge is 0.237 e. The van der Waals surface area contributed by atoms with E-state index >= 15 is 0 Å². The van der Waals surface area contributed by atoms with Crippen molar-refractivity contribution in [1.82, 2.24) is 4.98 Å². The molecule has 0 aliphatic heterocycles. The maximum absolute atomic E-state index is 11.9. The Kier molecular flexibility index (Phi) is 3.49. The van der Waals surface area contributed by atoms with Crippen LogP contribution >= 0.6 is 0 Å². The van der Waals surface area contributed by atoms with Gasteiger partial charge in [-0.15, -0.1) is 0 Å². The molecule has 0 aliphatic carbocycles. The van der Waals surface area contributed by atoms with Gasteiger partial charge >= 0.3 is 0 Å². The van der Waals surface area contributed by atoms with Crippen molar-refractivity contribution in [2.45, 2.75) is 12.2 Å². The Bertz CT molecular complexity index is 650. The quantitative estimate of drug-likeness (QED) is 0.875. The number of sulfonamides is 1. The van der Waals surface area contributed by atoms with Gasteiger partial charge < -0.3 is 5.11 Å². The van der Waals surface area contributed by atoms with Gasteiger partial charge in [-0.3, -0.25) is 9.71 Å². The third kappa shape index (κ3) is 2.44. The standard InChI is InChI=1S/C12H14N2O3S/c1-9(8-15)18(16,17)14-12-6-2-5-11-10(12)4-3-7-13-11/h2-7,9,14-15H,8H2,1H3. The van der Waals surface area contributed by atoms with Gasteiger partial charge in [0.05, 0.1) is 17.8 Å². The van der Waals surface area contributed by atoms with Crippen molar-refractivity contribution < 1.29 is 13.5 Å². The fourth-order valence-electron chi connectivity index (χ4n) is 1.54. The largest absolute Gasteiger partial charge is 0.395 e. The number of nitrogens with zero attached hydrogens (tertiary/aromatic N) is 1. The van der Waals surface area contributed by atoms with Crippen LogP contribution in [0.2, 0.25) is 0 Å². The molecule has 1 atom stereocenters. The van der Waals surface area contributed by atoms with E-state index in [1.54, 1.807) is 30.5 Å². The fourth-order valence-corrected chi connectivity index (χ4v) is 2.43. The lowest BCUT2D eigenvalue weighted by molar-refractivity contribution is 0.296.